The van der Waals surface area contributed by atoms with Crippen LogP contribution in [0.2, 0.25) is 0 Å². The van der Waals surface area contributed by atoms with Gasteiger partial charge in [-0.1, -0.05) is 90.9 Å². The highest BCUT2D eigenvalue weighted by Gasteiger charge is 2.19. The quantitative estimate of drug-likeness (QED) is 0.249. The molecule has 0 radical (unpaired) electrons. The van der Waals surface area contributed by atoms with Gasteiger partial charge in [-0.15, -0.1) is 0 Å². The molecule has 0 amide bonds. The number of nitrogens with zero attached hydrogens (tertiary/aromatic N) is 1. The largest absolute Gasteiger partial charge is 0.456 e. The molecule has 6 aromatic carbocycles. The molecule has 0 saturated carbocycles. The molecule has 0 unspecified atom stereocenters. The zero-order valence-electron chi connectivity index (χ0n) is 24.1. The van der Waals surface area contributed by atoms with Crippen molar-refractivity contribution in [1.82, 2.24) is 4.57 Å². The van der Waals surface area contributed by atoms with Gasteiger partial charge < -0.3 is 8.98 Å². The Morgan fingerprint density at radius 1 is 0.611 bits per heavy atom. The van der Waals surface area contributed by atoms with Gasteiger partial charge in [-0.2, -0.15) is 0 Å². The van der Waals surface area contributed by atoms with Crippen LogP contribution >= 0.6 is 0 Å². The van der Waals surface area contributed by atoms with Crippen molar-refractivity contribution in [1.29, 1.82) is 0 Å². The van der Waals surface area contributed by atoms with Crippen LogP contribution in [0.25, 0.3) is 71.3 Å². The molecular formula is C34H21NO. The molecule has 0 aliphatic carbocycles. The fourth-order valence-electron chi connectivity index (χ4n) is 5.55. The van der Waals surface area contributed by atoms with E-state index in [4.69, 9.17) is 11.3 Å². The van der Waals surface area contributed by atoms with Crippen molar-refractivity contribution in [2.45, 2.75) is 0 Å². The third kappa shape index (κ3) is 2.67. The Kier molecular flexibility index (Phi) is 3.10. The van der Waals surface area contributed by atoms with Gasteiger partial charge in [0.05, 0.1) is 23.3 Å². The van der Waals surface area contributed by atoms with Crippen LogP contribution in [-0.4, -0.2) is 4.57 Å². The van der Waals surface area contributed by atoms with Crippen molar-refractivity contribution in [2.24, 2.45) is 0 Å². The van der Waals surface area contributed by atoms with Crippen LogP contribution in [0.15, 0.2) is 132 Å². The SMILES string of the molecule is [2H]c1c([2H])c([2H])c(-c2cc(-n3c4ccccc4c4ccc5oc6ccccc6c5c43)cc3ccccc23)c([2H])c1[2H]. The molecule has 2 nitrogen and oxygen atoms in total. The van der Waals surface area contributed by atoms with E-state index in [1.165, 1.54) is 0 Å². The average molecular weight is 465 g/mol. The summed E-state index contributed by atoms with van der Waals surface area (Å²) in [4.78, 5) is 0. The number of rotatable bonds is 2. The first-order chi connectivity index (χ1) is 19.9. The summed E-state index contributed by atoms with van der Waals surface area (Å²) in [6.45, 7) is 0. The minimum atomic E-state index is -0.402. The zero-order chi connectivity index (χ0) is 28.0. The molecule has 0 bridgehead atoms. The summed E-state index contributed by atoms with van der Waals surface area (Å²) < 4.78 is 50.7. The number of furan rings is 1. The van der Waals surface area contributed by atoms with Crippen molar-refractivity contribution in [3.8, 4) is 16.8 Å². The Morgan fingerprint density at radius 3 is 2.25 bits per heavy atom. The number of hydrogen-bond acceptors (Lipinski definition) is 1. The Balaban J connectivity index is 1.58. The summed E-state index contributed by atoms with van der Waals surface area (Å²) in [6.07, 6.45) is 0. The second kappa shape index (κ2) is 7.34. The van der Waals surface area contributed by atoms with E-state index in [0.29, 0.717) is 5.56 Å². The van der Waals surface area contributed by atoms with Gasteiger partial charge in [-0.3, -0.25) is 0 Å². The van der Waals surface area contributed by atoms with Gasteiger partial charge >= 0.3 is 0 Å². The van der Waals surface area contributed by atoms with E-state index in [9.17, 15) is 0 Å². The van der Waals surface area contributed by atoms with E-state index < -0.39 is 6.04 Å². The van der Waals surface area contributed by atoms with Gasteiger partial charge in [0, 0.05) is 21.8 Å². The molecule has 8 rings (SSSR count). The molecular weight excluding hydrogens is 438 g/mol. The Morgan fingerprint density at radius 2 is 1.36 bits per heavy atom. The first-order valence-corrected chi connectivity index (χ1v) is 11.9. The topological polar surface area (TPSA) is 18.1 Å². The van der Waals surface area contributed by atoms with Crippen LogP contribution in [0.4, 0.5) is 0 Å². The van der Waals surface area contributed by atoms with Crippen molar-refractivity contribution >= 4 is 54.5 Å². The fraction of sp³-hybridized carbons (Fsp3) is 0. The zero-order valence-corrected chi connectivity index (χ0v) is 19.1. The van der Waals surface area contributed by atoms with E-state index >= 15 is 0 Å². The van der Waals surface area contributed by atoms with Gasteiger partial charge in [0.2, 0.25) is 0 Å². The van der Waals surface area contributed by atoms with Crippen LogP contribution in [-0.2, 0) is 0 Å². The summed E-state index contributed by atoms with van der Waals surface area (Å²) in [6, 6.07) is 30.7. The second-order valence-corrected chi connectivity index (χ2v) is 9.00. The van der Waals surface area contributed by atoms with Crippen molar-refractivity contribution in [2.75, 3.05) is 0 Å². The van der Waals surface area contributed by atoms with Crippen LogP contribution < -0.4 is 0 Å². The molecule has 8 aromatic rings. The van der Waals surface area contributed by atoms with E-state index in [1.54, 1.807) is 0 Å². The molecule has 2 heterocycles. The van der Waals surface area contributed by atoms with Gasteiger partial charge in [-0.05, 0) is 58.3 Å². The van der Waals surface area contributed by atoms with Crippen LogP contribution in [0.5, 0.6) is 0 Å². The normalized spacial score (nSPS) is 13.8. The van der Waals surface area contributed by atoms with Crippen molar-refractivity contribution in [3.05, 3.63) is 127 Å². The molecule has 0 aliphatic rings. The second-order valence-electron chi connectivity index (χ2n) is 9.00. The van der Waals surface area contributed by atoms with Crippen molar-refractivity contribution in [3.63, 3.8) is 0 Å². The first kappa shape index (κ1) is 15.2. The van der Waals surface area contributed by atoms with Gasteiger partial charge in [0.1, 0.15) is 11.2 Å². The summed E-state index contributed by atoms with van der Waals surface area (Å²) in [7, 11) is 0. The molecule has 0 atom stereocenters. The highest BCUT2D eigenvalue weighted by atomic mass is 16.3. The van der Waals surface area contributed by atoms with Crippen LogP contribution in [0.1, 0.15) is 6.85 Å². The van der Waals surface area contributed by atoms with Gasteiger partial charge in [-0.25, -0.2) is 0 Å². The highest BCUT2D eigenvalue weighted by molar-refractivity contribution is 6.24. The molecule has 2 heteroatoms. The minimum absolute atomic E-state index is 0.189. The van der Waals surface area contributed by atoms with E-state index in [-0.39, 0.29) is 29.7 Å². The molecule has 0 saturated heterocycles. The smallest absolute Gasteiger partial charge is 0.137 e. The predicted molar refractivity (Wildman–Crippen MR) is 151 cm³/mol. The summed E-state index contributed by atoms with van der Waals surface area (Å²) in [5.74, 6) is 0. The lowest BCUT2D eigenvalue weighted by atomic mass is 9.97. The summed E-state index contributed by atoms with van der Waals surface area (Å²) >= 11 is 0. The predicted octanol–water partition coefficient (Wildman–Crippen LogP) is 9.50. The first-order valence-electron chi connectivity index (χ1n) is 14.4. The lowest BCUT2D eigenvalue weighted by molar-refractivity contribution is 0.669. The standard InChI is InChI=1S/C34H21NO/c1-2-10-22(11-3-1)29-21-24(20-23-12-4-5-13-25(23)29)35-30-16-8-6-14-26(30)27-18-19-32-33(34(27)35)28-15-7-9-17-31(28)36-32/h1-21H/i1D,2D,3D,10D,11D. The molecule has 0 N–H and O–H groups in total. The van der Waals surface area contributed by atoms with E-state index in [1.807, 2.05) is 66.7 Å². The monoisotopic (exact) mass is 464 g/mol. The van der Waals surface area contributed by atoms with Crippen molar-refractivity contribution < 1.29 is 11.3 Å². The number of para-hydroxylation sites is 2. The van der Waals surface area contributed by atoms with E-state index in [2.05, 4.69) is 34.9 Å². The molecule has 0 aliphatic heterocycles. The molecule has 36 heavy (non-hydrogen) atoms. The number of hydrogen-bond donors (Lipinski definition) is 0. The average Bonchev–Trinajstić information content (AvgIpc) is 3.54. The highest BCUT2D eigenvalue weighted by Crippen LogP contribution is 2.42. The maximum Gasteiger partial charge on any atom is 0.137 e. The minimum Gasteiger partial charge on any atom is -0.456 e. The third-order valence-corrected chi connectivity index (χ3v) is 7.05. The Hall–Kier alpha value is -4.82. The maximum atomic E-state index is 8.74. The Labute approximate surface area is 214 Å². The lowest BCUT2D eigenvalue weighted by Crippen LogP contribution is -1.96. The molecule has 2 aromatic heterocycles. The van der Waals surface area contributed by atoms with Gasteiger partial charge in [0.15, 0.2) is 0 Å². The van der Waals surface area contributed by atoms with Crippen LogP contribution in [0.3, 0.4) is 0 Å². The lowest BCUT2D eigenvalue weighted by Gasteiger charge is -2.14. The number of benzene rings is 6. The third-order valence-electron chi connectivity index (χ3n) is 7.05. The fourth-order valence-corrected chi connectivity index (χ4v) is 5.55. The van der Waals surface area contributed by atoms with Crippen LogP contribution in [0, 0.1) is 0 Å². The maximum absolute atomic E-state index is 8.74. The van der Waals surface area contributed by atoms with E-state index in [0.717, 1.165) is 60.2 Å². The van der Waals surface area contributed by atoms with Gasteiger partial charge in [0.25, 0.3) is 0 Å². The molecule has 168 valence electrons. The molecule has 0 fully saturated rings. The number of aromatic nitrogens is 1. The summed E-state index contributed by atoms with van der Waals surface area (Å²) in [5.41, 5.74) is 5.20. The molecule has 0 spiro atoms. The summed E-state index contributed by atoms with van der Waals surface area (Å²) in [5, 5.41) is 5.91. The number of fused-ring (bicyclic) bond motifs is 8. The Bertz CT molecular complexity index is 2350.